The molecule has 3 N–H and O–H groups in total. The van der Waals surface area contributed by atoms with Gasteiger partial charge in [-0.2, -0.15) is 0 Å². The quantitative estimate of drug-likeness (QED) is 0.464. The van der Waals surface area contributed by atoms with Gasteiger partial charge < -0.3 is 5.73 Å². The predicted molar refractivity (Wildman–Crippen MR) is 42.7 cm³/mol. The second-order valence-corrected chi connectivity index (χ2v) is 1.79. The van der Waals surface area contributed by atoms with Crippen LogP contribution in [0.1, 0.15) is 5.56 Å². The van der Waals surface area contributed by atoms with Gasteiger partial charge in [-0.1, -0.05) is 30.3 Å². The lowest BCUT2D eigenvalue weighted by atomic mass is 10.2. The number of nitrogens with one attached hydrogen (secondary N) is 1. The molecule has 0 heterocycles. The molecule has 0 fully saturated rings. The van der Waals surface area contributed by atoms with Crippen LogP contribution < -0.4 is 5.73 Å². The minimum Gasteiger partial charge on any atom is -0.326 e. The lowest BCUT2D eigenvalue weighted by Gasteiger charge is -1.90. The topological polar surface area (TPSA) is 66.9 Å². The molecule has 0 aliphatic heterocycles. The van der Waals surface area contributed by atoms with Crippen LogP contribution in [-0.2, 0) is 11.3 Å². The van der Waals surface area contributed by atoms with Crippen LogP contribution >= 0.6 is 0 Å². The third kappa shape index (κ3) is 5.03. The van der Waals surface area contributed by atoms with Gasteiger partial charge in [0.2, 0.25) is 6.08 Å². The highest BCUT2D eigenvalue weighted by molar-refractivity contribution is 5.26. The molecule has 0 unspecified atom stereocenters. The number of hydrogen-bond acceptors (Lipinski definition) is 3. The maximum Gasteiger partial charge on any atom is 0.231 e. The molecule has 0 atom stereocenters. The summed E-state index contributed by atoms with van der Waals surface area (Å²) in [6.45, 7) is 0.640. The van der Waals surface area contributed by atoms with Crippen LogP contribution in [0.2, 0.25) is 0 Å². The van der Waals surface area contributed by atoms with Crippen LogP contribution in [-0.4, -0.2) is 6.08 Å². The van der Waals surface area contributed by atoms with E-state index in [-0.39, 0.29) is 0 Å². The van der Waals surface area contributed by atoms with E-state index in [0.717, 1.165) is 6.08 Å². The van der Waals surface area contributed by atoms with Gasteiger partial charge in [0.05, 0.1) is 0 Å². The third-order valence-corrected chi connectivity index (χ3v) is 1.08. The van der Waals surface area contributed by atoms with Crippen molar-refractivity contribution in [1.29, 1.82) is 5.41 Å². The van der Waals surface area contributed by atoms with Gasteiger partial charge in [0, 0.05) is 6.54 Å². The molecule has 3 nitrogen and oxygen atoms in total. The van der Waals surface area contributed by atoms with E-state index in [2.05, 4.69) is 0 Å². The molecule has 3 heteroatoms. The van der Waals surface area contributed by atoms with Crippen molar-refractivity contribution in [2.24, 2.45) is 5.73 Å². The standard InChI is InChI=1S/C7H9N.CHNO/c8-6-7-4-2-1-3-5-7;2-1-3/h1-5H,6,8H2;2H. The van der Waals surface area contributed by atoms with Crippen LogP contribution in [0.5, 0.6) is 0 Å². The maximum absolute atomic E-state index is 8.35. The van der Waals surface area contributed by atoms with Gasteiger partial charge in [0.1, 0.15) is 0 Å². The Bertz CT molecular complexity index is 215. The summed E-state index contributed by atoms with van der Waals surface area (Å²) in [6.07, 6.45) is 0.750. The predicted octanol–water partition coefficient (Wildman–Crippen LogP) is 1.05. The minimum atomic E-state index is 0.640. The highest BCUT2D eigenvalue weighted by Crippen LogP contribution is 1.94. The number of isocyanates is 1. The molecule has 1 aromatic carbocycles. The van der Waals surface area contributed by atoms with Gasteiger partial charge in [-0.3, -0.25) is 0 Å². The number of rotatable bonds is 1. The van der Waals surface area contributed by atoms with Gasteiger partial charge in [0.15, 0.2) is 0 Å². The number of benzene rings is 1. The summed E-state index contributed by atoms with van der Waals surface area (Å²) < 4.78 is 0. The SMILES string of the molecule is N=C=O.NCc1ccccc1. The van der Waals surface area contributed by atoms with Crippen molar-refractivity contribution < 1.29 is 4.79 Å². The molecule has 0 spiro atoms. The van der Waals surface area contributed by atoms with Crippen LogP contribution in [0, 0.1) is 5.41 Å². The lowest BCUT2D eigenvalue weighted by molar-refractivity contribution is 0.563. The van der Waals surface area contributed by atoms with Gasteiger partial charge in [-0.15, -0.1) is 0 Å². The second kappa shape index (κ2) is 6.68. The summed E-state index contributed by atoms with van der Waals surface area (Å²) in [5.74, 6) is 0. The first kappa shape index (κ1) is 9.56. The van der Waals surface area contributed by atoms with Crippen molar-refractivity contribution in [3.63, 3.8) is 0 Å². The monoisotopic (exact) mass is 150 g/mol. The zero-order valence-electron chi connectivity index (χ0n) is 6.08. The molecular weight excluding hydrogens is 140 g/mol. The minimum absolute atomic E-state index is 0.640. The summed E-state index contributed by atoms with van der Waals surface area (Å²) in [5.41, 5.74) is 6.54. The summed E-state index contributed by atoms with van der Waals surface area (Å²) in [6, 6.07) is 9.99. The normalized spacial score (nSPS) is 7.36. The molecule has 1 rings (SSSR count). The van der Waals surface area contributed by atoms with Gasteiger partial charge in [-0.05, 0) is 5.56 Å². The van der Waals surface area contributed by atoms with Crippen molar-refractivity contribution >= 4 is 6.08 Å². The van der Waals surface area contributed by atoms with Crippen molar-refractivity contribution in [3.05, 3.63) is 35.9 Å². The van der Waals surface area contributed by atoms with Gasteiger partial charge >= 0.3 is 0 Å². The Morgan fingerprint density at radius 3 is 2.09 bits per heavy atom. The first-order valence-corrected chi connectivity index (χ1v) is 3.13. The molecule has 58 valence electrons. The Morgan fingerprint density at radius 1 is 1.36 bits per heavy atom. The lowest BCUT2D eigenvalue weighted by Crippen LogP contribution is -1.94. The van der Waals surface area contributed by atoms with E-state index in [1.807, 2.05) is 30.3 Å². The number of carbonyl (C=O) groups excluding carboxylic acids is 1. The zero-order chi connectivity index (χ0) is 8.53. The highest BCUT2D eigenvalue weighted by Gasteiger charge is 1.80. The van der Waals surface area contributed by atoms with E-state index in [9.17, 15) is 0 Å². The van der Waals surface area contributed by atoms with E-state index >= 15 is 0 Å². The summed E-state index contributed by atoms with van der Waals surface area (Å²) in [7, 11) is 0. The molecule has 0 aliphatic rings. The molecule has 0 aliphatic carbocycles. The fourth-order valence-electron chi connectivity index (χ4n) is 0.614. The molecule has 0 saturated carbocycles. The molecule has 0 bridgehead atoms. The smallest absolute Gasteiger partial charge is 0.231 e. The Labute approximate surface area is 65.4 Å². The van der Waals surface area contributed by atoms with E-state index in [4.69, 9.17) is 15.9 Å². The third-order valence-electron chi connectivity index (χ3n) is 1.08. The molecule has 11 heavy (non-hydrogen) atoms. The number of nitrogens with two attached hydrogens (primary N) is 1. The van der Waals surface area contributed by atoms with E-state index in [1.165, 1.54) is 5.56 Å². The van der Waals surface area contributed by atoms with Crippen LogP contribution in [0.25, 0.3) is 0 Å². The van der Waals surface area contributed by atoms with Crippen molar-refractivity contribution in [1.82, 2.24) is 0 Å². The molecule has 0 amide bonds. The van der Waals surface area contributed by atoms with Crippen LogP contribution in [0.4, 0.5) is 0 Å². The summed E-state index contributed by atoms with van der Waals surface area (Å²) in [4.78, 5) is 8.35. The average Bonchev–Trinajstić information content (AvgIpc) is 2.08. The van der Waals surface area contributed by atoms with E-state index < -0.39 is 0 Å². The Hall–Kier alpha value is -1.44. The first-order valence-electron chi connectivity index (χ1n) is 3.13. The van der Waals surface area contributed by atoms with E-state index in [1.54, 1.807) is 0 Å². The fourth-order valence-corrected chi connectivity index (χ4v) is 0.614. The molecule has 1 aromatic rings. The summed E-state index contributed by atoms with van der Waals surface area (Å²) in [5, 5.41) is 5.40. The van der Waals surface area contributed by atoms with Crippen molar-refractivity contribution in [2.45, 2.75) is 6.54 Å². The zero-order valence-corrected chi connectivity index (χ0v) is 6.08. The highest BCUT2D eigenvalue weighted by atomic mass is 16.1. The molecule has 0 saturated heterocycles. The average molecular weight is 150 g/mol. The largest absolute Gasteiger partial charge is 0.326 e. The fraction of sp³-hybridized carbons (Fsp3) is 0.125. The van der Waals surface area contributed by atoms with E-state index in [0.29, 0.717) is 6.54 Å². The molecule has 0 radical (unpaired) electrons. The first-order chi connectivity index (χ1) is 5.35. The Morgan fingerprint density at radius 2 is 1.82 bits per heavy atom. The van der Waals surface area contributed by atoms with Crippen LogP contribution in [0.15, 0.2) is 30.3 Å². The van der Waals surface area contributed by atoms with Gasteiger partial charge in [-0.25, -0.2) is 10.2 Å². The molecule has 0 aromatic heterocycles. The Kier molecular flexibility index (Phi) is 5.80. The van der Waals surface area contributed by atoms with Crippen molar-refractivity contribution in [2.75, 3.05) is 0 Å². The number of hydrogen-bond donors (Lipinski definition) is 2. The second-order valence-electron chi connectivity index (χ2n) is 1.79. The molecular formula is C8H10N2O. The van der Waals surface area contributed by atoms with Crippen molar-refractivity contribution in [3.8, 4) is 0 Å². The maximum atomic E-state index is 8.35. The van der Waals surface area contributed by atoms with Crippen LogP contribution in [0.3, 0.4) is 0 Å². The Balaban J connectivity index is 0.000000292. The van der Waals surface area contributed by atoms with Gasteiger partial charge in [0.25, 0.3) is 0 Å². The summed E-state index contributed by atoms with van der Waals surface area (Å²) >= 11 is 0.